The maximum atomic E-state index is 11.4. The van der Waals surface area contributed by atoms with Crippen LogP contribution >= 0.6 is 0 Å². The molecule has 0 radical (unpaired) electrons. The summed E-state index contributed by atoms with van der Waals surface area (Å²) in [6, 6.07) is -0.137. The van der Waals surface area contributed by atoms with Crippen molar-refractivity contribution in [3.63, 3.8) is 0 Å². The summed E-state index contributed by atoms with van der Waals surface area (Å²) < 4.78 is 24.0. The zero-order chi connectivity index (χ0) is 11.5. The van der Waals surface area contributed by atoms with Crippen LogP contribution in [0.2, 0.25) is 0 Å². The van der Waals surface area contributed by atoms with Crippen LogP contribution in [-0.4, -0.2) is 36.5 Å². The van der Waals surface area contributed by atoms with Crippen molar-refractivity contribution in [2.75, 3.05) is 6.54 Å². The normalized spacial score (nSPS) is 27.3. The SMILES string of the molecule is CC(O)CC1CCCCCN1S(N)(=O)=O. The Bertz CT molecular complexity index is 290. The number of nitrogens with two attached hydrogens (primary N) is 1. The molecule has 3 N–H and O–H groups in total. The standard InChI is InChI=1S/C9H20N2O3S/c1-8(12)7-9-5-3-2-4-6-11(9)15(10,13)14/h8-9,12H,2-7H2,1H3,(H2,10,13,14). The Morgan fingerprint density at radius 2 is 2.13 bits per heavy atom. The van der Waals surface area contributed by atoms with Gasteiger partial charge >= 0.3 is 0 Å². The van der Waals surface area contributed by atoms with Crippen molar-refractivity contribution in [3.05, 3.63) is 0 Å². The molecule has 1 rings (SSSR count). The first-order valence-corrected chi connectivity index (χ1v) is 6.89. The molecule has 2 atom stereocenters. The smallest absolute Gasteiger partial charge is 0.277 e. The van der Waals surface area contributed by atoms with Crippen LogP contribution in [0.25, 0.3) is 0 Å². The molecule has 0 amide bonds. The first-order chi connectivity index (χ1) is 6.91. The number of nitrogens with zero attached hydrogens (tertiary/aromatic N) is 1. The number of hydrogen-bond acceptors (Lipinski definition) is 3. The van der Waals surface area contributed by atoms with Gasteiger partial charge in [-0.1, -0.05) is 12.8 Å². The average molecular weight is 236 g/mol. The maximum absolute atomic E-state index is 11.4. The Hall–Kier alpha value is -0.170. The second-order valence-electron chi connectivity index (χ2n) is 4.24. The van der Waals surface area contributed by atoms with Gasteiger partial charge in [0.2, 0.25) is 0 Å². The molecular weight excluding hydrogens is 216 g/mol. The predicted molar refractivity (Wildman–Crippen MR) is 58.4 cm³/mol. The van der Waals surface area contributed by atoms with Gasteiger partial charge in [-0.3, -0.25) is 0 Å². The summed E-state index contributed by atoms with van der Waals surface area (Å²) >= 11 is 0. The van der Waals surface area contributed by atoms with Gasteiger partial charge in [0.15, 0.2) is 0 Å². The second-order valence-corrected chi connectivity index (χ2v) is 5.74. The van der Waals surface area contributed by atoms with Crippen LogP contribution in [0.5, 0.6) is 0 Å². The minimum absolute atomic E-state index is 0.137. The van der Waals surface area contributed by atoms with E-state index in [0.29, 0.717) is 13.0 Å². The van der Waals surface area contributed by atoms with Gasteiger partial charge in [-0.25, -0.2) is 5.14 Å². The van der Waals surface area contributed by atoms with E-state index in [1.807, 2.05) is 0 Å². The molecule has 2 unspecified atom stereocenters. The average Bonchev–Trinajstić information content (AvgIpc) is 2.27. The fourth-order valence-corrected chi connectivity index (χ4v) is 3.11. The molecule has 1 fully saturated rings. The first-order valence-electron chi connectivity index (χ1n) is 5.39. The van der Waals surface area contributed by atoms with Crippen LogP contribution in [0.4, 0.5) is 0 Å². The van der Waals surface area contributed by atoms with E-state index in [9.17, 15) is 13.5 Å². The second kappa shape index (κ2) is 5.25. The number of aliphatic hydroxyl groups excluding tert-OH is 1. The minimum atomic E-state index is -3.62. The van der Waals surface area contributed by atoms with Crippen molar-refractivity contribution in [3.8, 4) is 0 Å². The Kier molecular flexibility index (Phi) is 4.51. The Labute approximate surface area is 91.4 Å². The molecular formula is C9H20N2O3S. The Morgan fingerprint density at radius 3 is 2.67 bits per heavy atom. The molecule has 1 saturated heterocycles. The van der Waals surface area contributed by atoms with Crippen molar-refractivity contribution in [2.45, 2.75) is 51.2 Å². The van der Waals surface area contributed by atoms with Crippen LogP contribution < -0.4 is 5.14 Å². The fraction of sp³-hybridized carbons (Fsp3) is 1.00. The maximum Gasteiger partial charge on any atom is 0.277 e. The van der Waals surface area contributed by atoms with Crippen LogP contribution in [0, 0.1) is 0 Å². The van der Waals surface area contributed by atoms with Gasteiger partial charge in [-0.05, 0) is 26.2 Å². The lowest BCUT2D eigenvalue weighted by molar-refractivity contribution is 0.147. The monoisotopic (exact) mass is 236 g/mol. The van der Waals surface area contributed by atoms with Gasteiger partial charge in [-0.2, -0.15) is 12.7 Å². The third-order valence-corrected chi connectivity index (χ3v) is 3.90. The number of rotatable bonds is 3. The van der Waals surface area contributed by atoms with E-state index in [-0.39, 0.29) is 6.04 Å². The van der Waals surface area contributed by atoms with Crippen molar-refractivity contribution in [1.29, 1.82) is 0 Å². The molecule has 5 nitrogen and oxygen atoms in total. The third-order valence-electron chi connectivity index (χ3n) is 2.76. The molecule has 0 aromatic rings. The molecule has 0 aromatic carbocycles. The molecule has 0 spiro atoms. The van der Waals surface area contributed by atoms with Gasteiger partial charge in [0.1, 0.15) is 0 Å². The van der Waals surface area contributed by atoms with E-state index >= 15 is 0 Å². The van der Waals surface area contributed by atoms with Gasteiger partial charge in [0.25, 0.3) is 10.2 Å². The van der Waals surface area contributed by atoms with Crippen LogP contribution in [0.15, 0.2) is 0 Å². The van der Waals surface area contributed by atoms with Crippen molar-refractivity contribution in [2.24, 2.45) is 5.14 Å². The summed E-state index contributed by atoms with van der Waals surface area (Å²) in [5, 5.41) is 14.5. The van der Waals surface area contributed by atoms with Gasteiger partial charge < -0.3 is 5.11 Å². The van der Waals surface area contributed by atoms with Crippen LogP contribution in [-0.2, 0) is 10.2 Å². The van der Waals surface area contributed by atoms with E-state index in [1.165, 1.54) is 4.31 Å². The lowest BCUT2D eigenvalue weighted by atomic mass is 10.1. The number of aliphatic hydroxyl groups is 1. The summed E-state index contributed by atoms with van der Waals surface area (Å²) in [6.07, 6.45) is 3.66. The summed E-state index contributed by atoms with van der Waals surface area (Å²) in [7, 11) is -3.62. The minimum Gasteiger partial charge on any atom is -0.393 e. The molecule has 6 heteroatoms. The molecule has 1 aliphatic heterocycles. The largest absolute Gasteiger partial charge is 0.393 e. The first kappa shape index (κ1) is 12.9. The lowest BCUT2D eigenvalue weighted by Gasteiger charge is -2.27. The molecule has 15 heavy (non-hydrogen) atoms. The van der Waals surface area contributed by atoms with Crippen molar-refractivity contribution in [1.82, 2.24) is 4.31 Å². The topological polar surface area (TPSA) is 83.6 Å². The van der Waals surface area contributed by atoms with E-state index < -0.39 is 16.3 Å². The zero-order valence-corrected chi connectivity index (χ0v) is 9.91. The quantitative estimate of drug-likeness (QED) is 0.734. The van der Waals surface area contributed by atoms with Crippen LogP contribution in [0.1, 0.15) is 39.0 Å². The highest BCUT2D eigenvalue weighted by Crippen LogP contribution is 2.21. The fourth-order valence-electron chi connectivity index (χ4n) is 2.12. The highest BCUT2D eigenvalue weighted by Gasteiger charge is 2.29. The molecule has 0 aromatic heterocycles. The summed E-state index contributed by atoms with van der Waals surface area (Å²) in [6.45, 7) is 2.16. The predicted octanol–water partition coefficient (Wildman–Crippen LogP) is 0.205. The van der Waals surface area contributed by atoms with E-state index in [0.717, 1.165) is 25.7 Å². The number of hydrogen-bond donors (Lipinski definition) is 2. The van der Waals surface area contributed by atoms with E-state index in [2.05, 4.69) is 0 Å². The van der Waals surface area contributed by atoms with Crippen molar-refractivity contribution < 1.29 is 13.5 Å². The lowest BCUT2D eigenvalue weighted by Crippen LogP contribution is -2.44. The van der Waals surface area contributed by atoms with E-state index in [1.54, 1.807) is 6.92 Å². The van der Waals surface area contributed by atoms with E-state index in [4.69, 9.17) is 5.14 Å². The van der Waals surface area contributed by atoms with Gasteiger partial charge in [-0.15, -0.1) is 0 Å². The van der Waals surface area contributed by atoms with Gasteiger partial charge in [0, 0.05) is 12.6 Å². The summed E-state index contributed by atoms with van der Waals surface area (Å²) in [5.41, 5.74) is 0. The summed E-state index contributed by atoms with van der Waals surface area (Å²) in [4.78, 5) is 0. The van der Waals surface area contributed by atoms with Crippen molar-refractivity contribution >= 4 is 10.2 Å². The van der Waals surface area contributed by atoms with Crippen LogP contribution in [0.3, 0.4) is 0 Å². The molecule has 90 valence electrons. The molecule has 0 bridgehead atoms. The Morgan fingerprint density at radius 1 is 1.47 bits per heavy atom. The molecule has 1 heterocycles. The zero-order valence-electron chi connectivity index (χ0n) is 9.09. The highest BCUT2D eigenvalue weighted by atomic mass is 32.2. The molecule has 0 saturated carbocycles. The highest BCUT2D eigenvalue weighted by molar-refractivity contribution is 7.86. The summed E-state index contributed by atoms with van der Waals surface area (Å²) in [5.74, 6) is 0. The Balaban J connectivity index is 2.76. The third kappa shape index (κ3) is 4.06. The van der Waals surface area contributed by atoms with Gasteiger partial charge in [0.05, 0.1) is 6.10 Å². The molecule has 0 aliphatic carbocycles. The molecule has 1 aliphatic rings.